The molecule has 0 aromatic carbocycles. The van der Waals surface area contributed by atoms with Crippen LogP contribution in [0.15, 0.2) is 4.99 Å². The fourth-order valence-corrected chi connectivity index (χ4v) is 3.72. The van der Waals surface area contributed by atoms with Crippen molar-refractivity contribution in [1.82, 2.24) is 4.90 Å². The second kappa shape index (κ2) is 7.04. The predicted molar refractivity (Wildman–Crippen MR) is 84.7 cm³/mol. The Bertz CT molecular complexity index is 551. The van der Waals surface area contributed by atoms with Gasteiger partial charge in [-0.3, -0.25) is 0 Å². The molecule has 0 amide bonds. The highest BCUT2D eigenvalue weighted by Gasteiger charge is 2.27. The lowest BCUT2D eigenvalue weighted by Crippen LogP contribution is -2.26. The smallest absolute Gasteiger partial charge is 0.341 e. The van der Waals surface area contributed by atoms with Crippen LogP contribution in [0.3, 0.4) is 0 Å². The number of likely N-dealkylation sites (N-methyl/N-ethyl adjacent to an activating group) is 1. The van der Waals surface area contributed by atoms with Gasteiger partial charge in [-0.2, -0.15) is 0 Å². The van der Waals surface area contributed by atoms with Crippen molar-refractivity contribution >= 4 is 28.2 Å². The van der Waals surface area contributed by atoms with Crippen molar-refractivity contribution in [3.63, 3.8) is 0 Å². The van der Waals surface area contributed by atoms with Crippen LogP contribution in [0.2, 0.25) is 0 Å². The third-order valence-corrected chi connectivity index (χ3v) is 4.43. The Labute approximate surface area is 129 Å². The number of hydrogen-bond donors (Lipinski definition) is 0. The van der Waals surface area contributed by atoms with Crippen LogP contribution in [0.1, 0.15) is 41.6 Å². The normalized spacial score (nSPS) is 15.7. The van der Waals surface area contributed by atoms with E-state index in [0.29, 0.717) is 29.7 Å². The number of carbonyl (C=O) groups is 1. The van der Waals surface area contributed by atoms with Crippen molar-refractivity contribution in [3.05, 3.63) is 16.0 Å². The maximum atomic E-state index is 12.3. The largest absolute Gasteiger partial charge is 0.481 e. The summed E-state index contributed by atoms with van der Waals surface area (Å²) in [6.07, 6.45) is 0.861. The zero-order valence-electron chi connectivity index (χ0n) is 13.1. The van der Waals surface area contributed by atoms with E-state index in [1.54, 1.807) is 11.3 Å². The van der Waals surface area contributed by atoms with E-state index in [-0.39, 0.29) is 5.97 Å². The SMILES string of the molecule is CCOC(=O)c1c(N=C(C)OCC)sc2c1CCN(C)C2. The molecule has 0 saturated carbocycles. The van der Waals surface area contributed by atoms with Crippen LogP contribution < -0.4 is 0 Å². The summed E-state index contributed by atoms with van der Waals surface area (Å²) < 4.78 is 10.6. The van der Waals surface area contributed by atoms with E-state index in [1.165, 1.54) is 4.88 Å². The van der Waals surface area contributed by atoms with Crippen molar-refractivity contribution in [2.24, 2.45) is 4.99 Å². The van der Waals surface area contributed by atoms with E-state index >= 15 is 0 Å². The van der Waals surface area contributed by atoms with Crippen molar-refractivity contribution in [3.8, 4) is 0 Å². The van der Waals surface area contributed by atoms with E-state index in [2.05, 4.69) is 16.9 Å². The Morgan fingerprint density at radius 3 is 2.71 bits per heavy atom. The van der Waals surface area contributed by atoms with Gasteiger partial charge in [-0.1, -0.05) is 0 Å². The van der Waals surface area contributed by atoms with Gasteiger partial charge >= 0.3 is 5.97 Å². The van der Waals surface area contributed by atoms with Gasteiger partial charge in [0.2, 0.25) is 0 Å². The number of aliphatic imine (C=N–C) groups is 1. The molecule has 0 unspecified atom stereocenters. The fourth-order valence-electron chi connectivity index (χ4n) is 2.39. The first-order chi connectivity index (χ1) is 10.1. The van der Waals surface area contributed by atoms with Gasteiger partial charge in [0.05, 0.1) is 13.2 Å². The molecule has 21 heavy (non-hydrogen) atoms. The van der Waals surface area contributed by atoms with Crippen LogP contribution in [-0.4, -0.2) is 43.6 Å². The minimum absolute atomic E-state index is 0.275. The number of thiophene rings is 1. The molecule has 0 bridgehead atoms. The number of hydrogen-bond acceptors (Lipinski definition) is 6. The molecular weight excluding hydrogens is 288 g/mol. The van der Waals surface area contributed by atoms with Crippen molar-refractivity contribution in [1.29, 1.82) is 0 Å². The second-order valence-corrected chi connectivity index (χ2v) is 6.04. The molecule has 2 heterocycles. The molecule has 1 aliphatic rings. The highest BCUT2D eigenvalue weighted by atomic mass is 32.1. The Hall–Kier alpha value is -1.40. The summed E-state index contributed by atoms with van der Waals surface area (Å²) in [6.45, 7) is 8.29. The average molecular weight is 310 g/mol. The van der Waals surface area contributed by atoms with Crippen LogP contribution >= 0.6 is 11.3 Å². The van der Waals surface area contributed by atoms with E-state index < -0.39 is 0 Å². The molecule has 6 heteroatoms. The fraction of sp³-hybridized carbons (Fsp3) is 0.600. The monoisotopic (exact) mass is 310 g/mol. The van der Waals surface area contributed by atoms with Crippen molar-refractivity contribution in [2.45, 2.75) is 33.7 Å². The quantitative estimate of drug-likeness (QED) is 0.487. The molecule has 0 radical (unpaired) electrons. The first kappa shape index (κ1) is 16.0. The third kappa shape index (κ3) is 3.63. The van der Waals surface area contributed by atoms with Gasteiger partial charge in [-0.15, -0.1) is 11.3 Å². The maximum Gasteiger partial charge on any atom is 0.341 e. The summed E-state index contributed by atoms with van der Waals surface area (Å²) in [6, 6.07) is 0. The first-order valence-corrected chi connectivity index (χ1v) is 8.06. The number of nitrogens with zero attached hydrogens (tertiary/aromatic N) is 2. The number of esters is 1. The molecule has 2 rings (SSSR count). The van der Waals surface area contributed by atoms with Gasteiger partial charge in [-0.25, -0.2) is 9.79 Å². The summed E-state index contributed by atoms with van der Waals surface area (Å²) in [7, 11) is 2.08. The molecule has 0 N–H and O–H groups in total. The van der Waals surface area contributed by atoms with Crippen molar-refractivity contribution < 1.29 is 14.3 Å². The molecule has 116 valence electrons. The minimum Gasteiger partial charge on any atom is -0.481 e. The number of rotatable bonds is 4. The molecule has 1 aliphatic heterocycles. The number of carbonyl (C=O) groups excluding carboxylic acids is 1. The number of ether oxygens (including phenoxy) is 2. The van der Waals surface area contributed by atoms with Gasteiger partial charge in [-0.05, 0) is 32.9 Å². The second-order valence-electron chi connectivity index (χ2n) is 4.96. The topological polar surface area (TPSA) is 51.1 Å². The molecule has 0 saturated heterocycles. The Morgan fingerprint density at radius 2 is 2.05 bits per heavy atom. The summed E-state index contributed by atoms with van der Waals surface area (Å²) >= 11 is 1.56. The van der Waals surface area contributed by atoms with Crippen LogP contribution in [0.25, 0.3) is 0 Å². The van der Waals surface area contributed by atoms with Crippen LogP contribution in [0.5, 0.6) is 0 Å². The van der Waals surface area contributed by atoms with Gasteiger partial charge < -0.3 is 14.4 Å². The van der Waals surface area contributed by atoms with Gasteiger partial charge in [0.1, 0.15) is 10.6 Å². The first-order valence-electron chi connectivity index (χ1n) is 7.25. The molecule has 1 aromatic rings. The minimum atomic E-state index is -0.275. The van der Waals surface area contributed by atoms with E-state index in [4.69, 9.17) is 9.47 Å². The summed E-state index contributed by atoms with van der Waals surface area (Å²) in [5.41, 5.74) is 1.73. The zero-order valence-corrected chi connectivity index (χ0v) is 13.9. The Kier molecular flexibility index (Phi) is 5.36. The lowest BCUT2D eigenvalue weighted by atomic mass is 10.0. The van der Waals surface area contributed by atoms with Gasteiger partial charge in [0, 0.05) is 24.9 Å². The Balaban J connectivity index is 2.43. The lowest BCUT2D eigenvalue weighted by molar-refractivity contribution is 0.0526. The van der Waals surface area contributed by atoms with Gasteiger partial charge in [0.25, 0.3) is 0 Å². The Morgan fingerprint density at radius 1 is 1.33 bits per heavy atom. The molecule has 5 nitrogen and oxygen atoms in total. The highest BCUT2D eigenvalue weighted by Crippen LogP contribution is 2.39. The van der Waals surface area contributed by atoms with Gasteiger partial charge in [0.15, 0.2) is 5.90 Å². The van der Waals surface area contributed by atoms with Crippen LogP contribution in [-0.2, 0) is 22.4 Å². The molecule has 0 atom stereocenters. The van der Waals surface area contributed by atoms with Crippen LogP contribution in [0, 0.1) is 0 Å². The van der Waals surface area contributed by atoms with Crippen molar-refractivity contribution in [2.75, 3.05) is 26.8 Å². The summed E-state index contributed by atoms with van der Waals surface area (Å²) in [4.78, 5) is 20.2. The standard InChI is InChI=1S/C15H22N2O3S/c1-5-19-10(3)16-14-13(15(18)20-6-2)11-7-8-17(4)9-12(11)21-14/h5-9H2,1-4H3. The molecule has 0 spiro atoms. The zero-order chi connectivity index (χ0) is 15.4. The maximum absolute atomic E-state index is 12.3. The van der Waals surface area contributed by atoms with E-state index in [9.17, 15) is 4.79 Å². The highest BCUT2D eigenvalue weighted by molar-refractivity contribution is 7.16. The van der Waals surface area contributed by atoms with Crippen LogP contribution in [0.4, 0.5) is 5.00 Å². The summed E-state index contributed by atoms with van der Waals surface area (Å²) in [5, 5.41) is 0.708. The predicted octanol–water partition coefficient (Wildman–Crippen LogP) is 3.00. The molecule has 1 aromatic heterocycles. The van der Waals surface area contributed by atoms with E-state index in [0.717, 1.165) is 25.1 Å². The number of fused-ring (bicyclic) bond motifs is 1. The molecule has 0 aliphatic carbocycles. The van der Waals surface area contributed by atoms with E-state index in [1.807, 2.05) is 20.8 Å². The molecular formula is C15H22N2O3S. The summed E-state index contributed by atoms with van der Waals surface area (Å²) in [5.74, 6) is 0.303. The average Bonchev–Trinajstić information content (AvgIpc) is 2.75. The molecule has 0 fully saturated rings. The lowest BCUT2D eigenvalue weighted by Gasteiger charge is -2.22. The third-order valence-electron chi connectivity index (χ3n) is 3.32.